The molecule has 0 nitrogen and oxygen atoms in total. The van der Waals surface area contributed by atoms with Crippen LogP contribution in [-0.4, -0.2) is 0 Å². The van der Waals surface area contributed by atoms with Gasteiger partial charge >= 0.3 is 18.6 Å². The Labute approximate surface area is 130 Å². The predicted molar refractivity (Wildman–Crippen MR) is 81.5 cm³/mol. The van der Waals surface area contributed by atoms with Crippen LogP contribution in [0.3, 0.4) is 0 Å². The van der Waals surface area contributed by atoms with Gasteiger partial charge in [0.1, 0.15) is 0 Å². The van der Waals surface area contributed by atoms with Crippen LogP contribution >= 0.6 is 0 Å². The van der Waals surface area contributed by atoms with Gasteiger partial charge in [0.2, 0.25) is 0 Å². The molecule has 0 amide bonds. The van der Waals surface area contributed by atoms with E-state index >= 15 is 0 Å². The molecule has 0 N–H and O–H groups in total. The molecular formula is C18H26V. The van der Waals surface area contributed by atoms with Crippen LogP contribution < -0.4 is 0 Å². The zero-order chi connectivity index (χ0) is 13.8. The van der Waals surface area contributed by atoms with Crippen molar-refractivity contribution in [3.05, 3.63) is 59.7 Å². The summed E-state index contributed by atoms with van der Waals surface area (Å²) in [6.07, 6.45) is 0. The third-order valence-electron chi connectivity index (χ3n) is 3.06. The first-order valence-electron chi connectivity index (χ1n) is 6.65. The molecule has 0 saturated heterocycles. The predicted octanol–water partition coefficient (Wildman–Crippen LogP) is 5.40. The molecule has 0 spiro atoms. The molecular weight excluding hydrogens is 267 g/mol. The van der Waals surface area contributed by atoms with Crippen molar-refractivity contribution in [1.29, 1.82) is 0 Å². The Morgan fingerprint density at radius 3 is 0.842 bits per heavy atom. The average molecular weight is 293 g/mol. The van der Waals surface area contributed by atoms with E-state index in [-0.39, 0.29) is 18.6 Å². The first-order chi connectivity index (χ1) is 8.21. The van der Waals surface area contributed by atoms with Gasteiger partial charge in [-0.3, -0.25) is 0 Å². The molecule has 0 aromatic heterocycles. The molecule has 0 fully saturated rings. The van der Waals surface area contributed by atoms with Crippen molar-refractivity contribution in [2.75, 3.05) is 0 Å². The maximum Gasteiger partial charge on any atom is 2.00 e. The zero-order valence-corrected chi connectivity index (χ0v) is 14.5. The Hall–Kier alpha value is -0.716. The monoisotopic (exact) mass is 293 g/mol. The molecule has 0 unspecified atom stereocenters. The maximum absolute atomic E-state index is 2.22. The minimum Gasteiger partial charge on any atom is -0.213 e. The van der Waals surface area contributed by atoms with Gasteiger partial charge in [0.05, 0.1) is 0 Å². The molecule has 2 aromatic carbocycles. The van der Waals surface area contributed by atoms with E-state index in [1.54, 1.807) is 0 Å². The maximum atomic E-state index is 2.22. The van der Waals surface area contributed by atoms with Crippen LogP contribution in [0.25, 0.3) is 0 Å². The summed E-state index contributed by atoms with van der Waals surface area (Å²) in [5.74, 6) is 0. The van der Waals surface area contributed by atoms with E-state index in [0.717, 1.165) is 0 Å². The second kappa shape index (κ2) is 7.17. The third-order valence-corrected chi connectivity index (χ3v) is 3.06. The van der Waals surface area contributed by atoms with E-state index in [0.29, 0.717) is 10.8 Å². The van der Waals surface area contributed by atoms with Crippen LogP contribution in [0.1, 0.15) is 52.7 Å². The van der Waals surface area contributed by atoms with E-state index in [9.17, 15) is 0 Å². The first-order valence-corrected chi connectivity index (χ1v) is 6.65. The molecule has 0 saturated carbocycles. The van der Waals surface area contributed by atoms with Gasteiger partial charge in [-0.1, -0.05) is 52.4 Å². The van der Waals surface area contributed by atoms with E-state index < -0.39 is 0 Å². The number of hydrogen-bond donors (Lipinski definition) is 0. The Bertz CT molecular complexity index is 375. The molecule has 0 aliphatic carbocycles. The molecule has 0 bridgehead atoms. The van der Waals surface area contributed by atoms with Gasteiger partial charge in [0.15, 0.2) is 0 Å². The van der Waals surface area contributed by atoms with E-state index in [2.05, 4.69) is 90.1 Å². The standard InChI is InChI=1S/2C9H13.V/c2*1-9(2,3)8-6-4-5-7-8;/h2*4-7H,1-3H3;/q2*-1;+2. The minimum absolute atomic E-state index is 0. The van der Waals surface area contributed by atoms with Crippen molar-refractivity contribution >= 4 is 0 Å². The van der Waals surface area contributed by atoms with Crippen molar-refractivity contribution in [2.24, 2.45) is 0 Å². The van der Waals surface area contributed by atoms with Gasteiger partial charge < -0.3 is 0 Å². The van der Waals surface area contributed by atoms with Crippen LogP contribution in [0, 0.1) is 0 Å². The first kappa shape index (κ1) is 18.3. The van der Waals surface area contributed by atoms with Gasteiger partial charge in [0.25, 0.3) is 0 Å². The molecule has 19 heavy (non-hydrogen) atoms. The fraction of sp³-hybridized carbons (Fsp3) is 0.444. The van der Waals surface area contributed by atoms with Crippen LogP contribution in [0.15, 0.2) is 48.5 Å². The molecule has 0 heterocycles. The SMILES string of the molecule is CC(C)(C)[c-]1cccc1.CC(C)(C)[c-]1cccc1.[V+2]. The Morgan fingerprint density at radius 1 is 0.526 bits per heavy atom. The van der Waals surface area contributed by atoms with Crippen LogP contribution in [0.2, 0.25) is 0 Å². The average Bonchev–Trinajstić information content (AvgIpc) is 2.91. The summed E-state index contributed by atoms with van der Waals surface area (Å²) in [7, 11) is 0. The van der Waals surface area contributed by atoms with E-state index in [1.807, 2.05) is 0 Å². The molecule has 1 heteroatoms. The number of rotatable bonds is 0. The van der Waals surface area contributed by atoms with E-state index in [1.165, 1.54) is 11.1 Å². The van der Waals surface area contributed by atoms with Gasteiger partial charge in [-0.05, 0) is 0 Å². The molecule has 2 aromatic rings. The second-order valence-corrected chi connectivity index (χ2v) is 6.85. The van der Waals surface area contributed by atoms with Gasteiger partial charge in [0, 0.05) is 0 Å². The van der Waals surface area contributed by atoms with Crippen molar-refractivity contribution in [2.45, 2.75) is 52.4 Å². The zero-order valence-electron chi connectivity index (χ0n) is 13.1. The summed E-state index contributed by atoms with van der Waals surface area (Å²) in [4.78, 5) is 0. The quantitative estimate of drug-likeness (QED) is 0.570. The molecule has 103 valence electrons. The summed E-state index contributed by atoms with van der Waals surface area (Å²) in [6, 6.07) is 17.0. The molecule has 0 aliphatic heterocycles. The van der Waals surface area contributed by atoms with Crippen LogP contribution in [0.5, 0.6) is 0 Å². The van der Waals surface area contributed by atoms with Crippen LogP contribution in [0.4, 0.5) is 0 Å². The second-order valence-electron chi connectivity index (χ2n) is 6.85. The third kappa shape index (κ3) is 6.32. The number of hydrogen-bond acceptors (Lipinski definition) is 0. The largest absolute Gasteiger partial charge is 2.00 e. The topological polar surface area (TPSA) is 0 Å². The van der Waals surface area contributed by atoms with Crippen molar-refractivity contribution in [3.63, 3.8) is 0 Å². The van der Waals surface area contributed by atoms with E-state index in [4.69, 9.17) is 0 Å². The smallest absolute Gasteiger partial charge is 0.213 e. The molecule has 2 rings (SSSR count). The Balaban J connectivity index is 0.000000324. The van der Waals surface area contributed by atoms with Crippen molar-refractivity contribution in [3.8, 4) is 0 Å². The minimum atomic E-state index is 0. The fourth-order valence-electron chi connectivity index (χ4n) is 1.75. The Morgan fingerprint density at radius 2 is 0.737 bits per heavy atom. The van der Waals surface area contributed by atoms with Gasteiger partial charge in [-0.25, -0.2) is 24.3 Å². The summed E-state index contributed by atoms with van der Waals surface area (Å²) in [5.41, 5.74) is 3.48. The summed E-state index contributed by atoms with van der Waals surface area (Å²) in [5, 5.41) is 0. The van der Waals surface area contributed by atoms with Gasteiger partial charge in [-0.2, -0.15) is 35.4 Å². The fourth-order valence-corrected chi connectivity index (χ4v) is 1.75. The normalized spacial score (nSPS) is 11.3. The molecule has 0 aliphatic rings. The van der Waals surface area contributed by atoms with Crippen molar-refractivity contribution < 1.29 is 18.6 Å². The molecule has 0 atom stereocenters. The summed E-state index contributed by atoms with van der Waals surface area (Å²) >= 11 is 0. The Kier molecular flexibility index (Phi) is 6.90. The summed E-state index contributed by atoms with van der Waals surface area (Å²) < 4.78 is 0. The van der Waals surface area contributed by atoms with Crippen molar-refractivity contribution in [1.82, 2.24) is 0 Å². The van der Waals surface area contributed by atoms with Crippen LogP contribution in [-0.2, 0) is 29.4 Å². The summed E-state index contributed by atoms with van der Waals surface area (Å²) in [6.45, 7) is 13.3. The van der Waals surface area contributed by atoms with Gasteiger partial charge in [-0.15, -0.1) is 0 Å². The molecule has 1 radical (unpaired) electrons.